The summed E-state index contributed by atoms with van der Waals surface area (Å²) in [5, 5.41) is 3.58. The minimum Gasteiger partial charge on any atom is -0.383 e. The van der Waals surface area contributed by atoms with Gasteiger partial charge in [-0.15, -0.1) is 0 Å². The molecule has 0 fully saturated rings. The highest BCUT2D eigenvalue weighted by Crippen LogP contribution is 2.18. The van der Waals surface area contributed by atoms with E-state index in [1.807, 2.05) is 18.2 Å². The van der Waals surface area contributed by atoms with Crippen LogP contribution in [0, 0.1) is 5.92 Å². The number of fused-ring (bicyclic) bond motifs is 1. The molecular formula is C15H23N3O2. The second-order valence-electron chi connectivity index (χ2n) is 5.58. The molecule has 0 aliphatic carbocycles. The van der Waals surface area contributed by atoms with Crippen molar-refractivity contribution >= 4 is 11.0 Å². The third-order valence-corrected chi connectivity index (χ3v) is 3.66. The van der Waals surface area contributed by atoms with Gasteiger partial charge in [0.15, 0.2) is 0 Å². The molecule has 110 valence electrons. The van der Waals surface area contributed by atoms with E-state index in [-0.39, 0.29) is 11.7 Å². The van der Waals surface area contributed by atoms with Crippen molar-refractivity contribution in [1.82, 2.24) is 15.3 Å². The van der Waals surface area contributed by atoms with Gasteiger partial charge < -0.3 is 20.0 Å². The maximum absolute atomic E-state index is 11.3. The number of nitrogens with one attached hydrogen (secondary N) is 3. The Morgan fingerprint density at radius 3 is 2.55 bits per heavy atom. The zero-order valence-corrected chi connectivity index (χ0v) is 12.5. The summed E-state index contributed by atoms with van der Waals surface area (Å²) in [5.74, 6) is 0.494. The summed E-state index contributed by atoms with van der Waals surface area (Å²) in [6.45, 7) is 7.16. The molecule has 0 bridgehead atoms. The summed E-state index contributed by atoms with van der Waals surface area (Å²) < 4.78 is 5.26. The van der Waals surface area contributed by atoms with Crippen LogP contribution in [0.1, 0.15) is 32.4 Å². The highest BCUT2D eigenvalue weighted by Gasteiger charge is 2.17. The van der Waals surface area contributed by atoms with E-state index in [0.717, 1.165) is 16.6 Å². The van der Waals surface area contributed by atoms with Gasteiger partial charge in [0.1, 0.15) is 0 Å². The number of rotatable bonds is 6. The number of ether oxygens (including phenoxy) is 1. The molecule has 2 unspecified atom stereocenters. The molecule has 1 aromatic heterocycles. The van der Waals surface area contributed by atoms with E-state index in [1.54, 1.807) is 7.11 Å². The van der Waals surface area contributed by atoms with Crippen LogP contribution in [-0.2, 0) is 4.74 Å². The van der Waals surface area contributed by atoms with Gasteiger partial charge in [-0.05, 0) is 30.5 Å². The third-order valence-electron chi connectivity index (χ3n) is 3.66. The molecule has 2 atom stereocenters. The van der Waals surface area contributed by atoms with Crippen LogP contribution in [0.5, 0.6) is 0 Å². The number of H-pyrrole nitrogens is 2. The Hall–Kier alpha value is -1.59. The van der Waals surface area contributed by atoms with Crippen molar-refractivity contribution in [1.29, 1.82) is 0 Å². The largest absolute Gasteiger partial charge is 0.383 e. The van der Waals surface area contributed by atoms with Gasteiger partial charge in [0.25, 0.3) is 0 Å². The molecule has 1 aromatic carbocycles. The van der Waals surface area contributed by atoms with Gasteiger partial charge in [-0.25, -0.2) is 4.79 Å². The van der Waals surface area contributed by atoms with Gasteiger partial charge in [0, 0.05) is 19.2 Å². The van der Waals surface area contributed by atoms with Crippen molar-refractivity contribution in [2.24, 2.45) is 5.92 Å². The lowest BCUT2D eigenvalue weighted by molar-refractivity contribution is 0.141. The Bertz CT molecular complexity index is 615. The molecule has 5 heteroatoms. The van der Waals surface area contributed by atoms with E-state index < -0.39 is 0 Å². The number of aromatic nitrogens is 2. The minimum atomic E-state index is -0.169. The van der Waals surface area contributed by atoms with E-state index in [9.17, 15) is 4.79 Å². The summed E-state index contributed by atoms with van der Waals surface area (Å²) in [5.41, 5.74) is 2.66. The molecule has 0 saturated heterocycles. The van der Waals surface area contributed by atoms with Gasteiger partial charge in [-0.2, -0.15) is 0 Å². The van der Waals surface area contributed by atoms with Crippen molar-refractivity contribution in [3.63, 3.8) is 0 Å². The number of hydrogen-bond donors (Lipinski definition) is 3. The quantitative estimate of drug-likeness (QED) is 0.758. The minimum absolute atomic E-state index is 0.169. The van der Waals surface area contributed by atoms with Crippen LogP contribution in [0.3, 0.4) is 0 Å². The summed E-state index contributed by atoms with van der Waals surface area (Å²) in [4.78, 5) is 16.8. The Balaban J connectivity index is 2.17. The lowest BCUT2D eigenvalue weighted by Gasteiger charge is -2.26. The lowest BCUT2D eigenvalue weighted by atomic mass is 10.0. The summed E-state index contributed by atoms with van der Waals surface area (Å²) >= 11 is 0. The molecule has 0 spiro atoms. The second kappa shape index (κ2) is 6.24. The smallest absolute Gasteiger partial charge is 0.323 e. The topological polar surface area (TPSA) is 69.9 Å². The van der Waals surface area contributed by atoms with E-state index in [4.69, 9.17) is 4.74 Å². The standard InChI is InChI=1S/C15H23N3O2/c1-9(2)14(8-20-4)16-10(3)11-5-6-12-13(7-11)18-15(19)17-12/h5-7,9-10,14,16H,8H2,1-4H3,(H2,17,18,19). The number of benzene rings is 1. The molecule has 3 N–H and O–H groups in total. The van der Waals surface area contributed by atoms with E-state index in [2.05, 4.69) is 36.1 Å². The first-order valence-corrected chi connectivity index (χ1v) is 6.98. The Kier molecular flexibility index (Phi) is 4.62. The van der Waals surface area contributed by atoms with Crippen molar-refractivity contribution in [2.75, 3.05) is 13.7 Å². The highest BCUT2D eigenvalue weighted by atomic mass is 16.5. The van der Waals surface area contributed by atoms with E-state index in [0.29, 0.717) is 18.6 Å². The second-order valence-corrected chi connectivity index (χ2v) is 5.58. The first kappa shape index (κ1) is 14.8. The van der Waals surface area contributed by atoms with Crippen molar-refractivity contribution in [3.05, 3.63) is 34.2 Å². The fraction of sp³-hybridized carbons (Fsp3) is 0.533. The first-order valence-electron chi connectivity index (χ1n) is 6.98. The molecule has 0 radical (unpaired) electrons. The molecule has 2 aromatic rings. The molecule has 0 saturated carbocycles. The number of methoxy groups -OCH3 is 1. The Labute approximate surface area is 118 Å². The van der Waals surface area contributed by atoms with Crippen LogP contribution in [0.4, 0.5) is 0 Å². The number of imidazole rings is 1. The molecule has 0 aliphatic rings. The zero-order chi connectivity index (χ0) is 14.7. The Morgan fingerprint density at radius 1 is 1.20 bits per heavy atom. The van der Waals surface area contributed by atoms with Crippen LogP contribution in [0.15, 0.2) is 23.0 Å². The van der Waals surface area contributed by atoms with Crippen molar-refractivity contribution in [3.8, 4) is 0 Å². The van der Waals surface area contributed by atoms with Crippen LogP contribution < -0.4 is 11.0 Å². The average molecular weight is 277 g/mol. The maximum Gasteiger partial charge on any atom is 0.323 e. The van der Waals surface area contributed by atoms with Gasteiger partial charge in [-0.3, -0.25) is 0 Å². The van der Waals surface area contributed by atoms with Gasteiger partial charge in [0.2, 0.25) is 0 Å². The predicted molar refractivity (Wildman–Crippen MR) is 81.0 cm³/mol. The van der Waals surface area contributed by atoms with E-state index >= 15 is 0 Å². The SMILES string of the molecule is COCC(NC(C)c1ccc2[nH]c(=O)[nH]c2c1)C(C)C. The van der Waals surface area contributed by atoms with Crippen molar-refractivity contribution < 1.29 is 4.74 Å². The van der Waals surface area contributed by atoms with Crippen LogP contribution >= 0.6 is 0 Å². The monoisotopic (exact) mass is 277 g/mol. The number of aromatic amines is 2. The highest BCUT2D eigenvalue weighted by molar-refractivity contribution is 5.75. The lowest BCUT2D eigenvalue weighted by Crippen LogP contribution is -2.39. The molecule has 20 heavy (non-hydrogen) atoms. The molecule has 1 heterocycles. The molecule has 0 amide bonds. The van der Waals surface area contributed by atoms with E-state index in [1.165, 1.54) is 0 Å². The normalized spacial score (nSPS) is 14.8. The predicted octanol–water partition coefficient (Wildman–Crippen LogP) is 2.18. The molecule has 5 nitrogen and oxygen atoms in total. The van der Waals surface area contributed by atoms with Gasteiger partial charge >= 0.3 is 5.69 Å². The molecular weight excluding hydrogens is 254 g/mol. The zero-order valence-electron chi connectivity index (χ0n) is 12.5. The summed E-state index contributed by atoms with van der Waals surface area (Å²) in [6, 6.07) is 6.47. The van der Waals surface area contributed by atoms with Gasteiger partial charge in [-0.1, -0.05) is 19.9 Å². The van der Waals surface area contributed by atoms with Crippen LogP contribution in [-0.4, -0.2) is 29.7 Å². The molecule has 2 rings (SSSR count). The first-order chi connectivity index (χ1) is 9.51. The fourth-order valence-corrected chi connectivity index (χ4v) is 2.35. The van der Waals surface area contributed by atoms with Crippen molar-refractivity contribution in [2.45, 2.75) is 32.9 Å². The van der Waals surface area contributed by atoms with Crippen LogP contribution in [0.2, 0.25) is 0 Å². The average Bonchev–Trinajstić information content (AvgIpc) is 2.76. The number of hydrogen-bond acceptors (Lipinski definition) is 3. The maximum atomic E-state index is 11.3. The summed E-state index contributed by atoms with van der Waals surface area (Å²) in [7, 11) is 1.72. The van der Waals surface area contributed by atoms with Crippen LogP contribution in [0.25, 0.3) is 11.0 Å². The third kappa shape index (κ3) is 3.29. The fourth-order valence-electron chi connectivity index (χ4n) is 2.35. The summed E-state index contributed by atoms with van der Waals surface area (Å²) in [6.07, 6.45) is 0. The molecule has 0 aliphatic heterocycles. The van der Waals surface area contributed by atoms with Gasteiger partial charge in [0.05, 0.1) is 17.6 Å². The Morgan fingerprint density at radius 2 is 1.90 bits per heavy atom.